The van der Waals surface area contributed by atoms with Crippen molar-refractivity contribution >= 4 is 29.9 Å². The summed E-state index contributed by atoms with van der Waals surface area (Å²) in [5.74, 6) is 1.85. The van der Waals surface area contributed by atoms with Gasteiger partial charge in [-0.15, -0.1) is 24.0 Å². The summed E-state index contributed by atoms with van der Waals surface area (Å²) in [5.41, 5.74) is 2.44. The Labute approximate surface area is 181 Å². The molecule has 1 atom stereocenters. The van der Waals surface area contributed by atoms with E-state index in [-0.39, 0.29) is 24.0 Å². The van der Waals surface area contributed by atoms with Crippen LogP contribution in [0.5, 0.6) is 5.75 Å². The number of methoxy groups -OCH3 is 1. The van der Waals surface area contributed by atoms with E-state index in [9.17, 15) is 0 Å². The van der Waals surface area contributed by atoms with E-state index in [1.807, 2.05) is 0 Å². The van der Waals surface area contributed by atoms with E-state index in [2.05, 4.69) is 66.6 Å². The molecule has 2 rings (SSSR count). The minimum Gasteiger partial charge on any atom is -0.496 e. The molecule has 0 radical (unpaired) electrons. The molecule has 2 N–H and O–H groups in total. The summed E-state index contributed by atoms with van der Waals surface area (Å²) < 4.78 is 5.41. The van der Waals surface area contributed by atoms with Gasteiger partial charge < -0.3 is 20.3 Å². The number of nitrogens with zero attached hydrogens (tertiary/aromatic N) is 3. The number of halogens is 1. The monoisotopic (exact) mass is 489 g/mol. The van der Waals surface area contributed by atoms with E-state index < -0.39 is 0 Å². The number of aliphatic imine (C=N–C) groups is 1. The molecule has 0 spiro atoms. The molecule has 0 amide bonds. The number of guanidine groups is 1. The molecule has 0 saturated carbocycles. The van der Waals surface area contributed by atoms with E-state index >= 15 is 0 Å². The Balaban J connectivity index is 0.00000364. The van der Waals surface area contributed by atoms with E-state index in [0.717, 1.165) is 57.4 Å². The molecule has 27 heavy (non-hydrogen) atoms. The minimum atomic E-state index is 0. The highest BCUT2D eigenvalue weighted by molar-refractivity contribution is 14.0. The zero-order valence-corrected chi connectivity index (χ0v) is 19.7. The van der Waals surface area contributed by atoms with Crippen LogP contribution in [0.25, 0.3) is 0 Å². The highest BCUT2D eigenvalue weighted by Crippen LogP contribution is 2.19. The largest absolute Gasteiger partial charge is 0.496 e. The minimum absolute atomic E-state index is 0. The van der Waals surface area contributed by atoms with Crippen LogP contribution in [0.3, 0.4) is 0 Å². The standard InChI is InChI=1S/C20H35N5O.HI/c1-6-21-20(23-14-18-15-24(3)11-12-25(18)4)22-10-9-17-8-7-16(2)19(13-17)26-5;/h7-8,13,18H,6,9-12,14-15H2,1-5H3,(H2,21,22,23);1H. The van der Waals surface area contributed by atoms with Crippen LogP contribution in [0, 0.1) is 6.92 Å². The summed E-state index contributed by atoms with van der Waals surface area (Å²) >= 11 is 0. The number of hydrogen-bond acceptors (Lipinski definition) is 4. The smallest absolute Gasteiger partial charge is 0.191 e. The second kappa shape index (κ2) is 12.4. The van der Waals surface area contributed by atoms with Gasteiger partial charge in [-0.25, -0.2) is 0 Å². The van der Waals surface area contributed by atoms with Gasteiger partial charge in [0.05, 0.1) is 13.7 Å². The summed E-state index contributed by atoms with van der Waals surface area (Å²) in [6, 6.07) is 6.87. The third kappa shape index (κ3) is 7.83. The van der Waals surface area contributed by atoms with E-state index in [1.165, 1.54) is 11.1 Å². The van der Waals surface area contributed by atoms with Crippen molar-refractivity contribution < 1.29 is 4.74 Å². The van der Waals surface area contributed by atoms with Gasteiger partial charge in [-0.3, -0.25) is 9.89 Å². The molecule has 1 heterocycles. The van der Waals surface area contributed by atoms with Crippen LogP contribution >= 0.6 is 24.0 Å². The number of ether oxygens (including phenoxy) is 1. The second-order valence-corrected chi connectivity index (χ2v) is 7.10. The maximum absolute atomic E-state index is 5.41. The van der Waals surface area contributed by atoms with E-state index in [1.54, 1.807) is 7.11 Å². The first-order valence-electron chi connectivity index (χ1n) is 9.58. The topological polar surface area (TPSA) is 52.1 Å². The normalized spacial score (nSPS) is 18.7. The fourth-order valence-corrected chi connectivity index (χ4v) is 3.18. The SMILES string of the molecule is CCNC(=NCC1CN(C)CCN1C)NCCc1ccc(C)c(OC)c1.I. The van der Waals surface area contributed by atoms with Crippen molar-refractivity contribution in [3.05, 3.63) is 29.3 Å². The lowest BCUT2D eigenvalue weighted by Crippen LogP contribution is -2.51. The van der Waals surface area contributed by atoms with Gasteiger partial charge in [0, 0.05) is 38.8 Å². The third-order valence-electron chi connectivity index (χ3n) is 4.96. The Morgan fingerprint density at radius 1 is 1.26 bits per heavy atom. The molecule has 0 aromatic heterocycles. The molecule has 1 aliphatic rings. The first kappa shape index (κ1) is 24.0. The quantitative estimate of drug-likeness (QED) is 0.349. The number of aryl methyl sites for hydroxylation is 1. The number of benzene rings is 1. The van der Waals surface area contributed by atoms with Crippen molar-refractivity contribution in [2.75, 3.05) is 60.5 Å². The number of likely N-dealkylation sites (N-methyl/N-ethyl adjacent to an activating group) is 2. The summed E-state index contributed by atoms with van der Waals surface area (Å²) in [6.45, 7) is 10.0. The van der Waals surface area contributed by atoms with Crippen LogP contribution < -0.4 is 15.4 Å². The Kier molecular flexibility index (Phi) is 11.0. The molecule has 154 valence electrons. The Bertz CT molecular complexity index is 596. The zero-order chi connectivity index (χ0) is 18.9. The van der Waals surface area contributed by atoms with Gasteiger partial charge in [-0.1, -0.05) is 12.1 Å². The first-order chi connectivity index (χ1) is 12.5. The lowest BCUT2D eigenvalue weighted by molar-refractivity contribution is 0.119. The molecule has 1 aromatic rings. The number of piperazine rings is 1. The predicted octanol–water partition coefficient (Wildman–Crippen LogP) is 1.97. The molecular formula is C20H36IN5O. The molecule has 0 aliphatic carbocycles. The molecule has 6 nitrogen and oxygen atoms in total. The molecule has 1 aliphatic heterocycles. The average molecular weight is 489 g/mol. The second-order valence-electron chi connectivity index (χ2n) is 7.10. The van der Waals surface area contributed by atoms with Crippen molar-refractivity contribution in [3.63, 3.8) is 0 Å². The molecule has 1 unspecified atom stereocenters. The lowest BCUT2D eigenvalue weighted by Gasteiger charge is -2.36. The van der Waals surface area contributed by atoms with Gasteiger partial charge in [-0.2, -0.15) is 0 Å². The van der Waals surface area contributed by atoms with Crippen LogP contribution in [-0.4, -0.2) is 82.3 Å². The van der Waals surface area contributed by atoms with Gasteiger partial charge >= 0.3 is 0 Å². The Hall–Kier alpha value is -1.06. The molecule has 1 fully saturated rings. The van der Waals surface area contributed by atoms with Crippen LogP contribution in [0.4, 0.5) is 0 Å². The van der Waals surface area contributed by atoms with Crippen molar-refractivity contribution in [1.82, 2.24) is 20.4 Å². The molecule has 0 bridgehead atoms. The highest BCUT2D eigenvalue weighted by Gasteiger charge is 2.21. The molecule has 1 aromatic carbocycles. The maximum Gasteiger partial charge on any atom is 0.191 e. The maximum atomic E-state index is 5.41. The fraction of sp³-hybridized carbons (Fsp3) is 0.650. The average Bonchev–Trinajstić information content (AvgIpc) is 2.63. The molecule has 7 heteroatoms. The van der Waals surface area contributed by atoms with Gasteiger partial charge in [0.1, 0.15) is 5.75 Å². The third-order valence-corrected chi connectivity index (χ3v) is 4.96. The molecule has 1 saturated heterocycles. The van der Waals surface area contributed by atoms with Gasteiger partial charge in [0.25, 0.3) is 0 Å². The summed E-state index contributed by atoms with van der Waals surface area (Å²) in [6.07, 6.45) is 0.938. The predicted molar refractivity (Wildman–Crippen MR) is 125 cm³/mol. The highest BCUT2D eigenvalue weighted by atomic mass is 127. The Morgan fingerprint density at radius 3 is 2.74 bits per heavy atom. The summed E-state index contributed by atoms with van der Waals surface area (Å²) in [5, 5.41) is 6.80. The van der Waals surface area contributed by atoms with Crippen molar-refractivity contribution in [2.24, 2.45) is 4.99 Å². The van der Waals surface area contributed by atoms with Crippen molar-refractivity contribution in [2.45, 2.75) is 26.3 Å². The zero-order valence-electron chi connectivity index (χ0n) is 17.4. The van der Waals surface area contributed by atoms with E-state index in [4.69, 9.17) is 9.73 Å². The van der Waals surface area contributed by atoms with Crippen LogP contribution in [0.15, 0.2) is 23.2 Å². The van der Waals surface area contributed by atoms with Crippen LogP contribution in [0.2, 0.25) is 0 Å². The number of nitrogens with one attached hydrogen (secondary N) is 2. The van der Waals surface area contributed by atoms with Crippen molar-refractivity contribution in [3.8, 4) is 5.75 Å². The Morgan fingerprint density at radius 2 is 2.04 bits per heavy atom. The van der Waals surface area contributed by atoms with Gasteiger partial charge in [0.2, 0.25) is 0 Å². The fourth-order valence-electron chi connectivity index (χ4n) is 3.18. The van der Waals surface area contributed by atoms with Gasteiger partial charge in [0.15, 0.2) is 5.96 Å². The molecular weight excluding hydrogens is 453 g/mol. The van der Waals surface area contributed by atoms with Crippen LogP contribution in [0.1, 0.15) is 18.1 Å². The number of rotatable bonds is 7. The van der Waals surface area contributed by atoms with Crippen molar-refractivity contribution in [1.29, 1.82) is 0 Å². The van der Waals surface area contributed by atoms with Crippen LogP contribution in [-0.2, 0) is 6.42 Å². The first-order valence-corrected chi connectivity index (χ1v) is 9.58. The summed E-state index contributed by atoms with van der Waals surface area (Å²) in [4.78, 5) is 9.59. The lowest BCUT2D eigenvalue weighted by atomic mass is 10.1. The van der Waals surface area contributed by atoms with Gasteiger partial charge in [-0.05, 0) is 51.6 Å². The summed E-state index contributed by atoms with van der Waals surface area (Å²) in [7, 11) is 6.10. The number of hydrogen-bond donors (Lipinski definition) is 2. The van der Waals surface area contributed by atoms with E-state index in [0.29, 0.717) is 6.04 Å².